The van der Waals surface area contributed by atoms with Crippen molar-refractivity contribution >= 4 is 46.6 Å². The minimum absolute atomic E-state index is 0.00453. The van der Waals surface area contributed by atoms with Crippen molar-refractivity contribution in [1.29, 1.82) is 0 Å². The number of esters is 1. The molecule has 2 saturated heterocycles. The SMILES string of the molecule is CCOC(=O)C1=C(CN2CC(F)(F)C3C2CN(C(C)=O)N3CCC(C)(C)C(=O)O)NC(c2nccs2)=NC1c1ccc(F)c(F)c1Cl. The summed E-state index contributed by atoms with van der Waals surface area (Å²) in [5, 5.41) is 16.5. The quantitative estimate of drug-likeness (QED) is 0.213. The number of rotatable bonds is 10. The van der Waals surface area contributed by atoms with Gasteiger partial charge in [-0.15, -0.1) is 11.3 Å². The van der Waals surface area contributed by atoms with E-state index in [0.29, 0.717) is 5.01 Å². The molecule has 4 heterocycles. The average molecular weight is 701 g/mol. The van der Waals surface area contributed by atoms with Crippen molar-refractivity contribution < 1.29 is 41.8 Å². The lowest BCUT2D eigenvalue weighted by molar-refractivity contribution is -0.156. The van der Waals surface area contributed by atoms with E-state index in [9.17, 15) is 28.3 Å². The summed E-state index contributed by atoms with van der Waals surface area (Å²) in [6, 6.07) is -1.69. The summed E-state index contributed by atoms with van der Waals surface area (Å²) in [4.78, 5) is 48.2. The van der Waals surface area contributed by atoms with E-state index in [1.54, 1.807) is 12.3 Å². The van der Waals surface area contributed by atoms with E-state index in [1.165, 1.54) is 59.3 Å². The maximum absolute atomic E-state index is 15.9. The lowest BCUT2D eigenvalue weighted by Gasteiger charge is -2.35. The van der Waals surface area contributed by atoms with E-state index in [2.05, 4.69) is 15.3 Å². The number of amides is 1. The molecule has 17 heteroatoms. The summed E-state index contributed by atoms with van der Waals surface area (Å²) < 4.78 is 65.9. The van der Waals surface area contributed by atoms with Crippen molar-refractivity contribution in [3.63, 3.8) is 0 Å². The van der Waals surface area contributed by atoms with Gasteiger partial charge >= 0.3 is 11.9 Å². The Kier molecular flexibility index (Phi) is 9.70. The maximum Gasteiger partial charge on any atom is 0.338 e. The zero-order valence-electron chi connectivity index (χ0n) is 25.9. The van der Waals surface area contributed by atoms with Gasteiger partial charge < -0.3 is 15.2 Å². The van der Waals surface area contributed by atoms with Gasteiger partial charge in [-0.3, -0.25) is 24.5 Å². The molecular weight excluding hydrogens is 668 g/mol. The number of aliphatic carboxylic acids is 1. The van der Waals surface area contributed by atoms with Gasteiger partial charge in [0.25, 0.3) is 5.92 Å². The summed E-state index contributed by atoms with van der Waals surface area (Å²) in [6.45, 7) is 4.45. The van der Waals surface area contributed by atoms with Crippen LogP contribution in [0.1, 0.15) is 50.7 Å². The van der Waals surface area contributed by atoms with Crippen molar-refractivity contribution in [2.24, 2.45) is 10.4 Å². The number of halogens is 5. The molecule has 0 bridgehead atoms. The number of ether oxygens (including phenoxy) is 1. The van der Waals surface area contributed by atoms with Crippen LogP contribution in [0.4, 0.5) is 17.6 Å². The van der Waals surface area contributed by atoms with E-state index >= 15 is 8.78 Å². The number of thiazole rings is 1. The normalized spacial score (nSPS) is 23.0. The molecule has 47 heavy (non-hydrogen) atoms. The Labute approximate surface area is 276 Å². The van der Waals surface area contributed by atoms with Crippen LogP contribution in [0.2, 0.25) is 5.02 Å². The second-order valence-electron chi connectivity index (χ2n) is 12.1. The molecule has 2 fully saturated rings. The highest BCUT2D eigenvalue weighted by Crippen LogP contribution is 2.44. The standard InChI is InChI=1S/C30H33ClF4N6O5S/c1-5-46-27(43)20-18(37-25(26-36-9-11-47-26)38-23(20)16-6-7-17(32)22(33)21(16)31)12-39-14-30(34,35)24-19(39)13-41(15(2)42)40(24)10-8-29(3,4)28(44)45/h6-7,9,11,19,23-24H,5,8,10,12-14H2,1-4H3,(H,37,38)(H,44,45). The molecule has 5 rings (SSSR count). The number of carbonyl (C=O) groups excluding carboxylic acids is 2. The zero-order chi connectivity index (χ0) is 34.4. The number of likely N-dealkylation sites (tertiary alicyclic amines) is 1. The van der Waals surface area contributed by atoms with Crippen LogP contribution in [-0.4, -0.2) is 99.5 Å². The number of hydrogen-bond acceptors (Lipinski definition) is 10. The highest BCUT2D eigenvalue weighted by atomic mass is 35.5. The van der Waals surface area contributed by atoms with Crippen LogP contribution < -0.4 is 5.32 Å². The van der Waals surface area contributed by atoms with Gasteiger partial charge in [-0.25, -0.2) is 32.3 Å². The Morgan fingerprint density at radius 2 is 1.98 bits per heavy atom. The summed E-state index contributed by atoms with van der Waals surface area (Å²) in [7, 11) is 0. The summed E-state index contributed by atoms with van der Waals surface area (Å²) >= 11 is 7.43. The van der Waals surface area contributed by atoms with Gasteiger partial charge in [0.1, 0.15) is 12.1 Å². The Balaban J connectivity index is 1.57. The number of fused-ring (bicyclic) bond motifs is 1. The molecule has 3 atom stereocenters. The number of nitrogens with zero attached hydrogens (tertiary/aromatic N) is 5. The van der Waals surface area contributed by atoms with Gasteiger partial charge in [0.15, 0.2) is 22.5 Å². The number of carbonyl (C=O) groups is 3. The first-order chi connectivity index (χ1) is 22.1. The first-order valence-corrected chi connectivity index (χ1v) is 16.0. The number of carboxylic acids is 1. The van der Waals surface area contributed by atoms with Crippen molar-refractivity contribution in [2.75, 3.05) is 32.8 Å². The van der Waals surface area contributed by atoms with Crippen LogP contribution in [0.15, 0.2) is 40.0 Å². The van der Waals surface area contributed by atoms with E-state index in [-0.39, 0.29) is 55.3 Å². The Morgan fingerprint density at radius 1 is 1.26 bits per heavy atom. The fourth-order valence-corrected chi connectivity index (χ4v) is 6.91. The third-order valence-corrected chi connectivity index (χ3v) is 9.72. The second-order valence-corrected chi connectivity index (χ2v) is 13.4. The van der Waals surface area contributed by atoms with Crippen LogP contribution in [0.3, 0.4) is 0 Å². The fourth-order valence-electron chi connectivity index (χ4n) is 6.07. The molecule has 3 aliphatic heterocycles. The Morgan fingerprint density at radius 3 is 2.60 bits per heavy atom. The van der Waals surface area contributed by atoms with Gasteiger partial charge in [0, 0.05) is 42.9 Å². The molecule has 1 aromatic heterocycles. The van der Waals surface area contributed by atoms with Gasteiger partial charge in [0.2, 0.25) is 5.91 Å². The number of aliphatic imine (C=N–C) groups is 1. The predicted molar refractivity (Wildman–Crippen MR) is 164 cm³/mol. The molecule has 0 aliphatic carbocycles. The minimum Gasteiger partial charge on any atom is -0.481 e. The number of alkyl halides is 2. The van der Waals surface area contributed by atoms with E-state index < -0.39 is 70.5 Å². The monoisotopic (exact) mass is 700 g/mol. The van der Waals surface area contributed by atoms with Crippen LogP contribution in [0.5, 0.6) is 0 Å². The molecule has 1 amide bonds. The van der Waals surface area contributed by atoms with Gasteiger partial charge in [0.05, 0.1) is 41.7 Å². The highest BCUT2D eigenvalue weighted by Gasteiger charge is 2.62. The highest BCUT2D eigenvalue weighted by molar-refractivity contribution is 7.11. The lowest BCUT2D eigenvalue weighted by atomic mass is 9.89. The number of amidine groups is 1. The molecule has 0 saturated carbocycles. The van der Waals surface area contributed by atoms with E-state index in [0.717, 1.165) is 6.07 Å². The number of hydrogen-bond donors (Lipinski definition) is 2. The largest absolute Gasteiger partial charge is 0.481 e. The van der Waals surface area contributed by atoms with E-state index in [1.807, 2.05) is 0 Å². The molecule has 0 radical (unpaired) electrons. The van der Waals surface area contributed by atoms with Crippen molar-refractivity contribution in [2.45, 2.75) is 58.2 Å². The molecule has 2 N–H and O–H groups in total. The molecule has 3 unspecified atom stereocenters. The number of aromatic nitrogens is 1. The van der Waals surface area contributed by atoms with Gasteiger partial charge in [-0.05, 0) is 33.3 Å². The fraction of sp³-hybridized carbons (Fsp3) is 0.500. The van der Waals surface area contributed by atoms with Crippen LogP contribution in [0, 0.1) is 17.0 Å². The van der Waals surface area contributed by atoms with Crippen LogP contribution in [0.25, 0.3) is 0 Å². The molecule has 0 spiro atoms. The van der Waals surface area contributed by atoms with Crippen LogP contribution in [-0.2, 0) is 19.1 Å². The van der Waals surface area contributed by atoms with Crippen molar-refractivity contribution in [3.8, 4) is 0 Å². The Hall–Kier alpha value is -3.60. The first kappa shape index (κ1) is 34.7. The van der Waals surface area contributed by atoms with Gasteiger partial charge in [-0.1, -0.05) is 17.7 Å². The van der Waals surface area contributed by atoms with Crippen molar-refractivity contribution in [3.05, 3.63) is 62.2 Å². The van der Waals surface area contributed by atoms with Crippen LogP contribution >= 0.6 is 22.9 Å². The maximum atomic E-state index is 15.9. The minimum atomic E-state index is -3.35. The van der Waals surface area contributed by atoms with E-state index in [4.69, 9.17) is 16.3 Å². The number of nitrogens with one attached hydrogen (secondary N) is 1. The topological polar surface area (TPSA) is 128 Å². The third-order valence-electron chi connectivity index (χ3n) is 8.56. The molecule has 3 aliphatic rings. The van der Waals surface area contributed by atoms with Crippen molar-refractivity contribution in [1.82, 2.24) is 25.2 Å². The predicted octanol–water partition coefficient (Wildman–Crippen LogP) is 4.25. The Bertz CT molecular complexity index is 1640. The third kappa shape index (κ3) is 6.60. The summed E-state index contributed by atoms with van der Waals surface area (Å²) in [5.74, 6) is -8.23. The summed E-state index contributed by atoms with van der Waals surface area (Å²) in [5.41, 5.74) is -1.33. The average Bonchev–Trinajstić information content (AvgIpc) is 3.72. The second kappa shape index (κ2) is 13.1. The molecule has 254 valence electrons. The summed E-state index contributed by atoms with van der Waals surface area (Å²) in [6.07, 6.45) is 1.50. The zero-order valence-corrected chi connectivity index (χ0v) is 27.5. The molecule has 2 aromatic rings. The lowest BCUT2D eigenvalue weighted by Crippen LogP contribution is -2.52. The first-order valence-electron chi connectivity index (χ1n) is 14.8. The molecule has 11 nitrogen and oxygen atoms in total. The number of benzene rings is 1. The molecule has 1 aromatic carbocycles. The molecular formula is C30H33ClF4N6O5S. The number of hydrazine groups is 1. The number of carboxylic acid groups (broad SMARTS) is 1. The smallest absolute Gasteiger partial charge is 0.338 e. The van der Waals surface area contributed by atoms with Gasteiger partial charge in [-0.2, -0.15) is 0 Å².